The number of Topliss-reactive ketones (excluding diaryl/α,β-unsaturated/α-hetero) is 1. The average Bonchev–Trinajstić information content (AvgIpc) is 2.45. The molecule has 0 fully saturated rings. The number of H-pyrrole nitrogens is 1. The van der Waals surface area contributed by atoms with E-state index in [9.17, 15) is 18.0 Å². The second-order valence-corrected chi connectivity index (χ2v) is 2.91. The smallest absolute Gasteiger partial charge is 0.294 e. The number of carbonyl (C=O) groups is 1. The Kier molecular flexibility index (Phi) is 2.84. The number of ketones is 1. The van der Waals surface area contributed by atoms with E-state index in [0.29, 0.717) is 0 Å². The van der Waals surface area contributed by atoms with Crippen molar-refractivity contribution in [3.8, 4) is 0 Å². The number of aromatic nitrogens is 2. The summed E-state index contributed by atoms with van der Waals surface area (Å²) in [5, 5.41) is 4.52. The van der Waals surface area contributed by atoms with Crippen LogP contribution >= 0.6 is 11.6 Å². The van der Waals surface area contributed by atoms with Crippen LogP contribution in [-0.4, -0.2) is 16.0 Å². The number of alkyl halides is 3. The first kappa shape index (κ1) is 11.0. The summed E-state index contributed by atoms with van der Waals surface area (Å²) in [7, 11) is 0. The topological polar surface area (TPSA) is 45.8 Å². The number of aromatic amines is 1. The monoisotopic (exact) mass is 226 g/mol. The van der Waals surface area contributed by atoms with Gasteiger partial charge in [0.2, 0.25) is 0 Å². The van der Waals surface area contributed by atoms with Crippen molar-refractivity contribution in [2.24, 2.45) is 0 Å². The normalized spacial score (nSPS) is 11.8. The van der Waals surface area contributed by atoms with Crippen molar-refractivity contribution in [1.82, 2.24) is 10.2 Å². The van der Waals surface area contributed by atoms with Gasteiger partial charge in [0, 0.05) is 6.42 Å². The highest BCUT2D eigenvalue weighted by Gasteiger charge is 2.39. The highest BCUT2D eigenvalue weighted by Crippen LogP contribution is 2.33. The van der Waals surface area contributed by atoms with Gasteiger partial charge in [-0.2, -0.15) is 18.3 Å². The Hall–Kier alpha value is -1.04. The zero-order valence-corrected chi connectivity index (χ0v) is 7.83. The van der Waals surface area contributed by atoms with E-state index >= 15 is 0 Å². The van der Waals surface area contributed by atoms with Crippen molar-refractivity contribution >= 4 is 17.4 Å². The minimum atomic E-state index is -4.66. The molecule has 0 aliphatic heterocycles. The first-order valence-corrected chi connectivity index (χ1v) is 4.10. The van der Waals surface area contributed by atoms with E-state index in [4.69, 9.17) is 11.6 Å². The molecule has 0 spiro atoms. The first-order valence-electron chi connectivity index (χ1n) is 3.72. The van der Waals surface area contributed by atoms with Crippen molar-refractivity contribution in [2.45, 2.75) is 19.5 Å². The van der Waals surface area contributed by atoms with Gasteiger partial charge in [-0.05, 0) is 0 Å². The lowest BCUT2D eigenvalue weighted by Crippen LogP contribution is -2.12. The summed E-state index contributed by atoms with van der Waals surface area (Å²) in [6.07, 6.45) is -4.72. The molecule has 0 aliphatic carbocycles. The van der Waals surface area contributed by atoms with Gasteiger partial charge < -0.3 is 0 Å². The molecule has 1 heterocycles. The van der Waals surface area contributed by atoms with Gasteiger partial charge in [0.05, 0.1) is 5.56 Å². The van der Waals surface area contributed by atoms with Crippen LogP contribution in [0.15, 0.2) is 0 Å². The molecule has 0 radical (unpaired) electrons. The van der Waals surface area contributed by atoms with E-state index in [1.165, 1.54) is 6.92 Å². The first-order chi connectivity index (χ1) is 6.38. The third-order valence-corrected chi connectivity index (χ3v) is 1.86. The average molecular weight is 227 g/mol. The Morgan fingerprint density at radius 1 is 1.57 bits per heavy atom. The molecule has 1 N–H and O–H groups in total. The second kappa shape index (κ2) is 3.61. The molecule has 3 nitrogen and oxygen atoms in total. The van der Waals surface area contributed by atoms with E-state index in [1.807, 2.05) is 5.10 Å². The molecular weight excluding hydrogens is 221 g/mol. The van der Waals surface area contributed by atoms with Gasteiger partial charge in [0.25, 0.3) is 0 Å². The third-order valence-electron chi connectivity index (χ3n) is 1.59. The zero-order chi connectivity index (χ0) is 10.9. The SMILES string of the molecule is CCC(=O)c1c(C(F)(F)F)n[nH]c1Cl. The van der Waals surface area contributed by atoms with Gasteiger partial charge >= 0.3 is 6.18 Å². The molecule has 7 heteroatoms. The Labute approximate surface area is 82.2 Å². The van der Waals surface area contributed by atoms with E-state index in [0.717, 1.165) is 0 Å². The van der Waals surface area contributed by atoms with Crippen LogP contribution in [-0.2, 0) is 6.18 Å². The molecule has 0 aliphatic rings. The molecule has 1 aromatic rings. The Bertz CT molecular complexity index is 358. The maximum absolute atomic E-state index is 12.3. The fourth-order valence-corrected chi connectivity index (χ4v) is 1.19. The molecule has 1 rings (SSSR count). The fraction of sp³-hybridized carbons (Fsp3) is 0.429. The van der Waals surface area contributed by atoms with Gasteiger partial charge in [-0.15, -0.1) is 0 Å². The number of halogens is 4. The number of nitrogens with zero attached hydrogens (tertiary/aromatic N) is 1. The lowest BCUT2D eigenvalue weighted by molar-refractivity contribution is -0.141. The summed E-state index contributed by atoms with van der Waals surface area (Å²) in [5.74, 6) is -0.684. The Morgan fingerprint density at radius 3 is 2.57 bits per heavy atom. The van der Waals surface area contributed by atoms with E-state index in [-0.39, 0.29) is 11.6 Å². The van der Waals surface area contributed by atoms with Crippen LogP contribution in [0.2, 0.25) is 5.15 Å². The molecule has 0 bridgehead atoms. The van der Waals surface area contributed by atoms with Crippen molar-refractivity contribution < 1.29 is 18.0 Å². The lowest BCUT2D eigenvalue weighted by Gasteiger charge is -2.04. The maximum atomic E-state index is 12.3. The van der Waals surface area contributed by atoms with Crippen molar-refractivity contribution in [3.05, 3.63) is 16.4 Å². The number of nitrogens with one attached hydrogen (secondary N) is 1. The van der Waals surface area contributed by atoms with Gasteiger partial charge in [-0.25, -0.2) is 0 Å². The third kappa shape index (κ3) is 1.89. The molecule has 1 aromatic heterocycles. The predicted molar refractivity (Wildman–Crippen MR) is 43.2 cm³/mol. The van der Waals surface area contributed by atoms with Crippen LogP contribution in [0.3, 0.4) is 0 Å². The zero-order valence-electron chi connectivity index (χ0n) is 7.07. The number of rotatable bonds is 2. The van der Waals surface area contributed by atoms with Crippen molar-refractivity contribution in [2.75, 3.05) is 0 Å². The lowest BCUT2D eigenvalue weighted by atomic mass is 10.1. The quantitative estimate of drug-likeness (QED) is 0.788. The summed E-state index contributed by atoms with van der Waals surface area (Å²) in [5.41, 5.74) is -1.84. The summed E-state index contributed by atoms with van der Waals surface area (Å²) >= 11 is 5.39. The molecule has 0 amide bonds. The molecule has 0 saturated carbocycles. The van der Waals surface area contributed by atoms with Crippen LogP contribution in [0.4, 0.5) is 13.2 Å². The molecular formula is C7H6ClF3N2O. The van der Waals surface area contributed by atoms with Gasteiger partial charge in [-0.3, -0.25) is 9.89 Å². The Morgan fingerprint density at radius 2 is 2.14 bits per heavy atom. The summed E-state index contributed by atoms with van der Waals surface area (Å²) in [4.78, 5) is 11.1. The van der Waals surface area contributed by atoms with E-state index in [2.05, 4.69) is 5.10 Å². The maximum Gasteiger partial charge on any atom is 0.435 e. The van der Waals surface area contributed by atoms with Crippen LogP contribution in [0.1, 0.15) is 29.4 Å². The van der Waals surface area contributed by atoms with Crippen LogP contribution in [0, 0.1) is 0 Å². The number of carbonyl (C=O) groups excluding carboxylic acids is 1. The summed E-state index contributed by atoms with van der Waals surface area (Å²) in [6, 6.07) is 0. The molecule has 0 aromatic carbocycles. The summed E-state index contributed by atoms with van der Waals surface area (Å²) in [6.45, 7) is 1.45. The van der Waals surface area contributed by atoms with Crippen molar-refractivity contribution in [1.29, 1.82) is 0 Å². The highest BCUT2D eigenvalue weighted by atomic mass is 35.5. The number of hydrogen-bond donors (Lipinski definition) is 1. The minimum Gasteiger partial charge on any atom is -0.294 e. The molecule has 0 saturated heterocycles. The largest absolute Gasteiger partial charge is 0.435 e. The second-order valence-electron chi connectivity index (χ2n) is 2.54. The van der Waals surface area contributed by atoms with Gasteiger partial charge in [-0.1, -0.05) is 18.5 Å². The van der Waals surface area contributed by atoms with Gasteiger partial charge in [0.15, 0.2) is 11.5 Å². The predicted octanol–water partition coefficient (Wildman–Crippen LogP) is 2.67. The van der Waals surface area contributed by atoms with Crippen molar-refractivity contribution in [3.63, 3.8) is 0 Å². The standard InChI is InChI=1S/C7H6ClF3N2O/c1-2-3(14)4-5(7(9,10)11)12-13-6(4)8/h2H2,1H3,(H,12,13). The van der Waals surface area contributed by atoms with Crippen LogP contribution < -0.4 is 0 Å². The van der Waals surface area contributed by atoms with Crippen LogP contribution in [0.5, 0.6) is 0 Å². The van der Waals surface area contributed by atoms with Crippen LogP contribution in [0.25, 0.3) is 0 Å². The van der Waals surface area contributed by atoms with Gasteiger partial charge in [0.1, 0.15) is 5.15 Å². The molecule has 78 valence electrons. The van der Waals surface area contributed by atoms with E-state index in [1.54, 1.807) is 0 Å². The summed E-state index contributed by atoms with van der Waals surface area (Å²) < 4.78 is 36.8. The van der Waals surface area contributed by atoms with E-state index < -0.39 is 23.2 Å². The number of hydrogen-bond acceptors (Lipinski definition) is 2. The highest BCUT2D eigenvalue weighted by molar-refractivity contribution is 6.33. The molecule has 14 heavy (non-hydrogen) atoms. The fourth-order valence-electron chi connectivity index (χ4n) is 0.957. The molecule has 0 unspecified atom stereocenters. The minimum absolute atomic E-state index is 0.0532. The Balaban J connectivity index is 3.26. The molecule has 0 atom stereocenters.